The Hall–Kier alpha value is -2.71. The lowest BCUT2D eigenvalue weighted by atomic mass is 10.4. The molecule has 2 rings (SSSR count). The number of carbonyl (C=O) groups is 1. The quantitative estimate of drug-likeness (QED) is 0.734. The van der Waals surface area contributed by atoms with E-state index in [2.05, 4.69) is 15.2 Å². The van der Waals surface area contributed by atoms with Gasteiger partial charge in [0.2, 0.25) is 11.8 Å². The first-order valence-corrected chi connectivity index (χ1v) is 7.20. The Labute approximate surface area is 133 Å². The lowest BCUT2D eigenvalue weighted by Crippen LogP contribution is -2.35. The smallest absolute Gasteiger partial charge is 0.269 e. The number of anilines is 1. The van der Waals surface area contributed by atoms with E-state index in [9.17, 15) is 9.59 Å². The summed E-state index contributed by atoms with van der Waals surface area (Å²) in [6, 6.07) is 1.44. The van der Waals surface area contributed by atoms with Crippen LogP contribution in [0, 0.1) is 0 Å². The molecule has 1 amide bonds. The summed E-state index contributed by atoms with van der Waals surface area (Å²) in [6.45, 7) is 1.98. The van der Waals surface area contributed by atoms with Crippen LogP contribution < -0.4 is 10.5 Å². The number of likely N-dealkylation sites (N-methyl/N-ethyl adjacent to an activating group) is 1. The van der Waals surface area contributed by atoms with Gasteiger partial charge in [-0.15, -0.1) is 0 Å². The van der Waals surface area contributed by atoms with Crippen LogP contribution in [0.5, 0.6) is 0 Å². The second kappa shape index (κ2) is 7.03. The van der Waals surface area contributed by atoms with Crippen LogP contribution in [0.4, 0.5) is 5.69 Å². The molecule has 0 saturated heterocycles. The van der Waals surface area contributed by atoms with Crippen LogP contribution in [-0.2, 0) is 24.3 Å². The van der Waals surface area contributed by atoms with Crippen LogP contribution in [0.25, 0.3) is 0 Å². The van der Waals surface area contributed by atoms with Gasteiger partial charge in [0, 0.05) is 33.6 Å². The molecule has 9 heteroatoms. The van der Waals surface area contributed by atoms with Crippen molar-refractivity contribution in [2.45, 2.75) is 26.4 Å². The number of rotatable bonds is 6. The Kier molecular flexibility index (Phi) is 5.09. The maximum atomic E-state index is 12.2. The van der Waals surface area contributed by atoms with Crippen molar-refractivity contribution in [1.29, 1.82) is 0 Å². The van der Waals surface area contributed by atoms with E-state index in [0.29, 0.717) is 23.8 Å². The monoisotopic (exact) mass is 320 g/mol. The standard InChI is InChI=1S/C14H20N6O3/c1-5-12-16-11(17-23-12)8-19(4)14(22)9-20-13(21)6-10(7-15-20)18(2)3/h6-7H,5,8-9H2,1-4H3. The fourth-order valence-electron chi connectivity index (χ4n) is 1.83. The molecule has 2 aromatic heterocycles. The molecule has 9 nitrogen and oxygen atoms in total. The predicted octanol–water partition coefficient (Wildman–Crippen LogP) is -0.0867. The van der Waals surface area contributed by atoms with E-state index in [1.54, 1.807) is 18.1 Å². The molecule has 0 unspecified atom stereocenters. The van der Waals surface area contributed by atoms with E-state index in [4.69, 9.17) is 4.52 Å². The molecular weight excluding hydrogens is 300 g/mol. The van der Waals surface area contributed by atoms with Crippen LogP contribution in [0.15, 0.2) is 21.6 Å². The highest BCUT2D eigenvalue weighted by Gasteiger charge is 2.15. The molecule has 0 atom stereocenters. The summed E-state index contributed by atoms with van der Waals surface area (Å²) in [4.78, 5) is 31.5. The fourth-order valence-corrected chi connectivity index (χ4v) is 1.83. The first-order valence-electron chi connectivity index (χ1n) is 7.20. The Bertz CT molecular complexity index is 736. The molecule has 0 spiro atoms. The van der Waals surface area contributed by atoms with Crippen molar-refractivity contribution >= 4 is 11.6 Å². The molecule has 2 heterocycles. The molecule has 0 aliphatic carbocycles. The predicted molar refractivity (Wildman–Crippen MR) is 83.0 cm³/mol. The van der Waals surface area contributed by atoms with E-state index in [1.165, 1.54) is 11.0 Å². The van der Waals surface area contributed by atoms with Crippen molar-refractivity contribution < 1.29 is 9.32 Å². The molecule has 0 N–H and O–H groups in total. The lowest BCUT2D eigenvalue weighted by Gasteiger charge is -2.16. The van der Waals surface area contributed by atoms with E-state index in [1.807, 2.05) is 21.0 Å². The highest BCUT2D eigenvalue weighted by molar-refractivity contribution is 5.75. The fraction of sp³-hybridized carbons (Fsp3) is 0.500. The number of aryl methyl sites for hydroxylation is 1. The number of hydrogen-bond donors (Lipinski definition) is 0. The van der Waals surface area contributed by atoms with E-state index >= 15 is 0 Å². The molecule has 0 saturated carbocycles. The number of nitrogens with zero attached hydrogens (tertiary/aromatic N) is 6. The summed E-state index contributed by atoms with van der Waals surface area (Å²) in [7, 11) is 5.24. The Morgan fingerprint density at radius 2 is 2.09 bits per heavy atom. The zero-order valence-electron chi connectivity index (χ0n) is 13.7. The SMILES string of the molecule is CCc1nc(CN(C)C(=O)Cn2ncc(N(C)C)cc2=O)no1. The van der Waals surface area contributed by atoms with Gasteiger partial charge in [-0.1, -0.05) is 12.1 Å². The minimum absolute atomic E-state index is 0.137. The molecular formula is C14H20N6O3. The number of aromatic nitrogens is 4. The third-order valence-electron chi connectivity index (χ3n) is 3.27. The Balaban J connectivity index is 2.02. The van der Waals surface area contributed by atoms with Gasteiger partial charge in [0.15, 0.2) is 5.82 Å². The number of hydrogen-bond acceptors (Lipinski definition) is 7. The average molecular weight is 320 g/mol. The van der Waals surface area contributed by atoms with Crippen molar-refractivity contribution in [3.63, 3.8) is 0 Å². The summed E-state index contributed by atoms with van der Waals surface area (Å²) in [6.07, 6.45) is 2.18. The van der Waals surface area contributed by atoms with Gasteiger partial charge >= 0.3 is 0 Å². The van der Waals surface area contributed by atoms with Crippen LogP contribution in [0.2, 0.25) is 0 Å². The van der Waals surface area contributed by atoms with Gasteiger partial charge in [0.25, 0.3) is 5.56 Å². The van der Waals surface area contributed by atoms with Crippen LogP contribution in [0.3, 0.4) is 0 Å². The molecule has 0 fully saturated rings. The summed E-state index contributed by atoms with van der Waals surface area (Å²) in [5.74, 6) is 0.694. The summed E-state index contributed by atoms with van der Waals surface area (Å²) >= 11 is 0. The molecule has 0 radical (unpaired) electrons. The van der Waals surface area contributed by atoms with E-state index < -0.39 is 0 Å². The van der Waals surface area contributed by atoms with Gasteiger partial charge in [-0.3, -0.25) is 9.59 Å². The third kappa shape index (κ3) is 4.15. The highest BCUT2D eigenvalue weighted by atomic mass is 16.5. The minimum Gasteiger partial charge on any atom is -0.376 e. The molecule has 0 aromatic carbocycles. The summed E-state index contributed by atoms with van der Waals surface area (Å²) in [5, 5.41) is 7.81. The van der Waals surface area contributed by atoms with Gasteiger partial charge < -0.3 is 14.3 Å². The third-order valence-corrected chi connectivity index (χ3v) is 3.27. The van der Waals surface area contributed by atoms with E-state index in [0.717, 1.165) is 4.68 Å². The molecule has 0 aliphatic heterocycles. The minimum atomic E-state index is -0.328. The maximum Gasteiger partial charge on any atom is 0.269 e. The molecule has 0 bridgehead atoms. The van der Waals surface area contributed by atoms with Crippen molar-refractivity contribution in [1.82, 2.24) is 24.8 Å². The average Bonchev–Trinajstić information content (AvgIpc) is 2.96. The first kappa shape index (κ1) is 16.7. The zero-order valence-corrected chi connectivity index (χ0v) is 13.7. The van der Waals surface area contributed by atoms with Gasteiger partial charge in [-0.05, 0) is 0 Å². The van der Waals surface area contributed by atoms with Crippen molar-refractivity contribution in [3.8, 4) is 0 Å². The second-order valence-corrected chi connectivity index (χ2v) is 5.31. The Morgan fingerprint density at radius 1 is 1.35 bits per heavy atom. The zero-order chi connectivity index (χ0) is 17.0. The van der Waals surface area contributed by atoms with Crippen LogP contribution >= 0.6 is 0 Å². The topological polar surface area (TPSA) is 97.4 Å². The number of carbonyl (C=O) groups excluding carboxylic acids is 1. The maximum absolute atomic E-state index is 12.2. The van der Waals surface area contributed by atoms with Crippen LogP contribution in [0.1, 0.15) is 18.6 Å². The summed E-state index contributed by atoms with van der Waals surface area (Å²) in [5.41, 5.74) is 0.358. The van der Waals surface area contributed by atoms with Crippen molar-refractivity contribution in [2.75, 3.05) is 26.0 Å². The lowest BCUT2D eigenvalue weighted by molar-refractivity contribution is -0.131. The molecule has 23 heavy (non-hydrogen) atoms. The molecule has 2 aromatic rings. The normalized spacial score (nSPS) is 10.6. The largest absolute Gasteiger partial charge is 0.376 e. The highest BCUT2D eigenvalue weighted by Crippen LogP contribution is 2.04. The Morgan fingerprint density at radius 3 is 2.65 bits per heavy atom. The second-order valence-electron chi connectivity index (χ2n) is 5.31. The molecule has 0 aliphatic rings. The first-order chi connectivity index (χ1) is 10.9. The van der Waals surface area contributed by atoms with Gasteiger partial charge in [-0.25, -0.2) is 4.68 Å². The van der Waals surface area contributed by atoms with E-state index in [-0.39, 0.29) is 24.6 Å². The van der Waals surface area contributed by atoms with Crippen LogP contribution in [-0.4, -0.2) is 51.9 Å². The van der Waals surface area contributed by atoms with Crippen molar-refractivity contribution in [2.24, 2.45) is 0 Å². The van der Waals surface area contributed by atoms with Crippen molar-refractivity contribution in [3.05, 3.63) is 34.3 Å². The summed E-state index contributed by atoms with van der Waals surface area (Å²) < 4.78 is 6.12. The van der Waals surface area contributed by atoms with Gasteiger partial charge in [0.1, 0.15) is 6.54 Å². The van der Waals surface area contributed by atoms with Gasteiger partial charge in [0.05, 0.1) is 18.4 Å². The number of amides is 1. The molecule has 124 valence electrons. The van der Waals surface area contributed by atoms with Gasteiger partial charge in [-0.2, -0.15) is 10.1 Å².